The fraction of sp³-hybridized carbons (Fsp3) is 0.111. The van der Waals surface area contributed by atoms with Gasteiger partial charge >= 0.3 is 0 Å². The molecule has 0 saturated heterocycles. The molecule has 58 valence electrons. The van der Waals surface area contributed by atoms with E-state index in [1.165, 1.54) is 0 Å². The Bertz CT molecular complexity index is 279. The summed E-state index contributed by atoms with van der Waals surface area (Å²) in [5, 5.41) is 0. The Hall–Kier alpha value is -1.18. The molecule has 0 aliphatic heterocycles. The van der Waals surface area contributed by atoms with Gasteiger partial charge in [0.05, 0.1) is 0 Å². The molecule has 1 unspecified atom stereocenters. The second-order valence-electron chi connectivity index (χ2n) is 2.39. The van der Waals surface area contributed by atoms with Gasteiger partial charge in [-0.05, 0) is 17.2 Å². The zero-order valence-corrected chi connectivity index (χ0v) is 5.83. The van der Waals surface area contributed by atoms with Crippen LogP contribution in [0.4, 0.5) is 9.09 Å². The molecule has 0 aromatic heterocycles. The van der Waals surface area contributed by atoms with E-state index in [-0.39, 0.29) is 4.70 Å². The number of allylic oxidation sites excluding steroid dienone is 1. The molecule has 1 aliphatic rings. The Balaban J connectivity index is 0.000000605. The lowest BCUT2D eigenvalue weighted by molar-refractivity contribution is 0.420. The molecule has 0 heterocycles. The Morgan fingerprint density at radius 2 is 1.91 bits per heavy atom. The molecule has 2 rings (SSSR count). The van der Waals surface area contributed by atoms with Crippen LogP contribution in [0.1, 0.15) is 17.3 Å². The third-order valence-electron chi connectivity index (χ3n) is 1.74. The van der Waals surface area contributed by atoms with E-state index in [1.807, 2.05) is 30.3 Å². The summed E-state index contributed by atoms with van der Waals surface area (Å²) in [7, 11) is 0. The van der Waals surface area contributed by atoms with Gasteiger partial charge in [-0.15, -0.1) is 0 Å². The topological polar surface area (TPSA) is 0 Å². The van der Waals surface area contributed by atoms with E-state index in [4.69, 9.17) is 0 Å². The van der Waals surface area contributed by atoms with Crippen LogP contribution in [0.25, 0.3) is 6.08 Å². The summed E-state index contributed by atoms with van der Waals surface area (Å²) in [6.07, 6.45) is 2.51. The highest BCUT2D eigenvalue weighted by Gasteiger charge is 2.13. The molecule has 1 aromatic carbocycles. The minimum Gasteiger partial charge on any atom is -0.269 e. The third-order valence-corrected chi connectivity index (χ3v) is 1.74. The summed E-state index contributed by atoms with van der Waals surface area (Å²) in [4.78, 5) is 0. The van der Waals surface area contributed by atoms with Crippen molar-refractivity contribution in [3.63, 3.8) is 0 Å². The maximum absolute atomic E-state index is 12.8. The number of hydrogen-bond acceptors (Lipinski definition) is 0. The first-order valence-corrected chi connectivity index (χ1v) is 3.29. The minimum atomic E-state index is -0.879. The SMILES string of the molecule is F.FC1C=Cc2ccccc21. The van der Waals surface area contributed by atoms with Gasteiger partial charge < -0.3 is 0 Å². The van der Waals surface area contributed by atoms with Crippen molar-refractivity contribution in [2.45, 2.75) is 6.17 Å². The van der Waals surface area contributed by atoms with Crippen LogP contribution in [0, 0.1) is 0 Å². The molecule has 0 radical (unpaired) electrons. The van der Waals surface area contributed by atoms with Crippen molar-refractivity contribution in [2.75, 3.05) is 0 Å². The molecule has 1 aromatic rings. The molecule has 1 aliphatic carbocycles. The zero-order chi connectivity index (χ0) is 6.97. The van der Waals surface area contributed by atoms with Crippen molar-refractivity contribution in [1.82, 2.24) is 0 Å². The highest BCUT2D eigenvalue weighted by molar-refractivity contribution is 5.61. The first kappa shape index (κ1) is 7.92. The average Bonchev–Trinajstić information content (AvgIpc) is 2.34. The summed E-state index contributed by atoms with van der Waals surface area (Å²) in [5.41, 5.74) is 1.80. The predicted octanol–water partition coefficient (Wildman–Crippen LogP) is 2.88. The number of benzene rings is 1. The van der Waals surface area contributed by atoms with Crippen LogP contribution in [-0.4, -0.2) is 0 Å². The van der Waals surface area contributed by atoms with Crippen molar-refractivity contribution in [3.8, 4) is 0 Å². The lowest BCUT2D eigenvalue weighted by atomic mass is 10.1. The first-order valence-electron chi connectivity index (χ1n) is 3.29. The summed E-state index contributed by atoms with van der Waals surface area (Å²) < 4.78 is 12.8. The van der Waals surface area contributed by atoms with Crippen molar-refractivity contribution in [1.29, 1.82) is 0 Å². The maximum atomic E-state index is 12.8. The Morgan fingerprint density at radius 3 is 2.64 bits per heavy atom. The van der Waals surface area contributed by atoms with Crippen LogP contribution >= 0.6 is 0 Å². The standard InChI is InChI=1S/C9H7F.FH/c10-9-6-5-7-3-1-2-4-8(7)9;/h1-6,9H;1H. The highest BCUT2D eigenvalue weighted by Crippen LogP contribution is 2.29. The number of fused-ring (bicyclic) bond motifs is 1. The van der Waals surface area contributed by atoms with Gasteiger partial charge in [0.15, 0.2) is 0 Å². The first-order chi connectivity index (χ1) is 4.88. The van der Waals surface area contributed by atoms with Crippen molar-refractivity contribution in [2.24, 2.45) is 0 Å². The van der Waals surface area contributed by atoms with E-state index in [2.05, 4.69) is 0 Å². The smallest absolute Gasteiger partial charge is 0.144 e. The van der Waals surface area contributed by atoms with Gasteiger partial charge in [-0.1, -0.05) is 30.3 Å². The minimum absolute atomic E-state index is 0. The lowest BCUT2D eigenvalue weighted by Gasteiger charge is -1.98. The average molecular weight is 154 g/mol. The molecule has 2 heteroatoms. The van der Waals surface area contributed by atoms with Gasteiger partial charge in [0.25, 0.3) is 0 Å². The normalized spacial score (nSPS) is 19.2. The van der Waals surface area contributed by atoms with Crippen LogP contribution in [0.5, 0.6) is 0 Å². The second kappa shape index (κ2) is 2.82. The Kier molecular flexibility index (Phi) is 2.03. The molecule has 0 fully saturated rings. The van der Waals surface area contributed by atoms with Gasteiger partial charge in [0.2, 0.25) is 0 Å². The second-order valence-corrected chi connectivity index (χ2v) is 2.39. The number of hydrogen-bond donors (Lipinski definition) is 0. The summed E-state index contributed by atoms with van der Waals surface area (Å²) in [6.45, 7) is 0. The van der Waals surface area contributed by atoms with E-state index in [0.717, 1.165) is 11.1 Å². The summed E-state index contributed by atoms with van der Waals surface area (Å²) in [5.74, 6) is 0. The van der Waals surface area contributed by atoms with Crippen molar-refractivity contribution in [3.05, 3.63) is 41.5 Å². The lowest BCUT2D eigenvalue weighted by Crippen LogP contribution is -1.82. The largest absolute Gasteiger partial charge is 0.269 e. The number of rotatable bonds is 0. The van der Waals surface area contributed by atoms with Gasteiger partial charge in [0.1, 0.15) is 6.17 Å². The van der Waals surface area contributed by atoms with E-state index in [1.54, 1.807) is 6.08 Å². The third kappa shape index (κ3) is 1.16. The highest BCUT2D eigenvalue weighted by atomic mass is 19.1. The fourth-order valence-electron chi connectivity index (χ4n) is 1.21. The summed E-state index contributed by atoms with van der Waals surface area (Å²) in [6, 6.07) is 7.52. The van der Waals surface area contributed by atoms with Gasteiger partial charge in [0, 0.05) is 0 Å². The van der Waals surface area contributed by atoms with Gasteiger partial charge in [-0.2, -0.15) is 0 Å². The van der Waals surface area contributed by atoms with Gasteiger partial charge in [-0.25, -0.2) is 4.39 Å². The van der Waals surface area contributed by atoms with E-state index in [9.17, 15) is 4.39 Å². The van der Waals surface area contributed by atoms with Crippen LogP contribution < -0.4 is 0 Å². The van der Waals surface area contributed by atoms with Crippen molar-refractivity contribution < 1.29 is 9.09 Å². The molecule has 0 amide bonds. The molecule has 0 N–H and O–H groups in total. The molecule has 11 heavy (non-hydrogen) atoms. The van der Waals surface area contributed by atoms with E-state index >= 15 is 0 Å². The Labute approximate surface area is 63.7 Å². The molecule has 0 spiro atoms. The number of alkyl halides is 1. The predicted molar refractivity (Wildman–Crippen MR) is 41.8 cm³/mol. The molecule has 0 nitrogen and oxygen atoms in total. The van der Waals surface area contributed by atoms with Gasteiger partial charge in [-0.3, -0.25) is 4.70 Å². The van der Waals surface area contributed by atoms with Crippen molar-refractivity contribution >= 4 is 6.08 Å². The van der Waals surface area contributed by atoms with E-state index < -0.39 is 6.17 Å². The fourth-order valence-corrected chi connectivity index (χ4v) is 1.21. The van der Waals surface area contributed by atoms with Crippen LogP contribution in [0.2, 0.25) is 0 Å². The maximum Gasteiger partial charge on any atom is 0.144 e. The molecular weight excluding hydrogens is 146 g/mol. The van der Waals surface area contributed by atoms with E-state index in [0.29, 0.717) is 0 Å². The van der Waals surface area contributed by atoms with Crippen LogP contribution in [0.15, 0.2) is 30.3 Å². The molecular formula is C9H8F2. The quantitative estimate of drug-likeness (QED) is 0.539. The molecule has 1 atom stereocenters. The van der Waals surface area contributed by atoms with Crippen LogP contribution in [-0.2, 0) is 0 Å². The molecule has 0 bridgehead atoms. The van der Waals surface area contributed by atoms with Crippen LogP contribution in [0.3, 0.4) is 0 Å². The zero-order valence-electron chi connectivity index (χ0n) is 5.83. The summed E-state index contributed by atoms with van der Waals surface area (Å²) >= 11 is 0. The number of halogens is 2. The Morgan fingerprint density at radius 1 is 1.18 bits per heavy atom. The molecule has 0 saturated carbocycles. The monoisotopic (exact) mass is 154 g/mol.